The Kier molecular flexibility index (Phi) is 5.79. The van der Waals surface area contributed by atoms with Gasteiger partial charge in [0.15, 0.2) is 0 Å². The number of β-amino-alcohol motifs (C(OH)–C–C–N with tert-alkyl or cyclic N) is 1. The van der Waals surface area contributed by atoms with Gasteiger partial charge in [-0.25, -0.2) is 0 Å². The van der Waals surface area contributed by atoms with E-state index in [0.717, 1.165) is 15.0 Å². The van der Waals surface area contributed by atoms with E-state index in [1.165, 1.54) is 22.0 Å². The Morgan fingerprint density at radius 2 is 1.94 bits per heavy atom. The van der Waals surface area contributed by atoms with E-state index in [4.69, 9.17) is 4.74 Å². The zero-order valence-corrected chi connectivity index (χ0v) is 18.5. The lowest BCUT2D eigenvalue weighted by Crippen LogP contribution is -2.53. The number of alkyl halides is 3. The Balaban J connectivity index is 1.53. The number of ether oxygens (including phenoxy) is 1. The van der Waals surface area contributed by atoms with Crippen molar-refractivity contribution in [3.8, 4) is 0 Å². The summed E-state index contributed by atoms with van der Waals surface area (Å²) in [7, 11) is 0. The van der Waals surface area contributed by atoms with Crippen LogP contribution in [0.15, 0.2) is 41.2 Å². The summed E-state index contributed by atoms with van der Waals surface area (Å²) in [5.41, 5.74) is -0.400. The van der Waals surface area contributed by atoms with Crippen LogP contribution >= 0.6 is 11.3 Å². The Bertz CT molecular complexity index is 1170. The third kappa shape index (κ3) is 4.32. The third-order valence-corrected chi connectivity index (χ3v) is 7.31. The van der Waals surface area contributed by atoms with E-state index in [2.05, 4.69) is 4.98 Å². The number of nitrogens with zero attached hydrogens (tertiary/aromatic N) is 4. The van der Waals surface area contributed by atoms with Gasteiger partial charge in [-0.05, 0) is 23.9 Å². The SMILES string of the molecule is O=c1cc(N2CCOCC2)nc2n1CCC(C(F)(F)F)N2CC(O)c1cc2ccccc2s1. The quantitative estimate of drug-likeness (QED) is 0.619. The van der Waals surface area contributed by atoms with Gasteiger partial charge in [0, 0.05) is 35.3 Å². The van der Waals surface area contributed by atoms with E-state index in [9.17, 15) is 23.1 Å². The van der Waals surface area contributed by atoms with Crippen molar-refractivity contribution < 1.29 is 23.0 Å². The molecule has 1 fully saturated rings. The van der Waals surface area contributed by atoms with Crippen molar-refractivity contribution in [3.63, 3.8) is 0 Å². The maximum atomic E-state index is 14.0. The van der Waals surface area contributed by atoms with Crippen molar-refractivity contribution in [1.29, 1.82) is 0 Å². The van der Waals surface area contributed by atoms with Crippen LogP contribution < -0.4 is 15.4 Å². The van der Waals surface area contributed by atoms with Crippen molar-refractivity contribution in [3.05, 3.63) is 51.6 Å². The maximum absolute atomic E-state index is 14.0. The zero-order valence-electron chi connectivity index (χ0n) is 17.7. The minimum atomic E-state index is -4.53. The summed E-state index contributed by atoms with van der Waals surface area (Å²) in [5, 5.41) is 11.9. The number of fused-ring (bicyclic) bond motifs is 2. The minimum absolute atomic E-state index is 0.0577. The number of benzene rings is 1. The van der Waals surface area contributed by atoms with Crippen LogP contribution in [0.3, 0.4) is 0 Å². The van der Waals surface area contributed by atoms with Crippen molar-refractivity contribution in [1.82, 2.24) is 9.55 Å². The topological polar surface area (TPSA) is 70.8 Å². The molecule has 2 aliphatic heterocycles. The first kappa shape index (κ1) is 22.2. The smallest absolute Gasteiger partial charge is 0.386 e. The first-order chi connectivity index (χ1) is 15.8. The Labute approximate surface area is 191 Å². The van der Waals surface area contributed by atoms with Crippen molar-refractivity contribution in [2.45, 2.75) is 31.3 Å². The average molecular weight is 481 g/mol. The summed E-state index contributed by atoms with van der Waals surface area (Å²) in [6.07, 6.45) is -5.98. The Morgan fingerprint density at radius 1 is 1.18 bits per heavy atom. The second-order valence-electron chi connectivity index (χ2n) is 8.20. The molecule has 0 aliphatic carbocycles. The normalized spacial score (nSPS) is 20.2. The standard InChI is InChI=1S/C22H23F3N4O3S/c23-22(24,25)18-5-6-28-20(31)12-19(27-7-9-32-10-8-27)26-21(28)29(18)13-15(30)17-11-14-3-1-2-4-16(14)33-17/h1-4,11-12,15,18,30H,5-10,13H2. The predicted octanol–water partition coefficient (Wildman–Crippen LogP) is 3.17. The molecule has 1 saturated heterocycles. The van der Waals surface area contributed by atoms with E-state index in [1.54, 1.807) is 6.07 Å². The van der Waals surface area contributed by atoms with Gasteiger partial charge in [0.25, 0.3) is 5.56 Å². The molecular formula is C22H23F3N4O3S. The third-order valence-electron chi connectivity index (χ3n) is 6.09. The van der Waals surface area contributed by atoms with E-state index in [0.29, 0.717) is 37.0 Å². The zero-order chi connectivity index (χ0) is 23.2. The van der Waals surface area contributed by atoms with Gasteiger partial charge in [-0.1, -0.05) is 18.2 Å². The molecule has 0 spiro atoms. The molecule has 2 aliphatic rings. The molecule has 7 nitrogen and oxygen atoms in total. The summed E-state index contributed by atoms with van der Waals surface area (Å²) in [4.78, 5) is 20.7. The Morgan fingerprint density at radius 3 is 2.67 bits per heavy atom. The van der Waals surface area contributed by atoms with E-state index in [1.807, 2.05) is 29.2 Å². The van der Waals surface area contributed by atoms with Crippen LogP contribution in [-0.2, 0) is 11.3 Å². The molecule has 2 unspecified atom stereocenters. The van der Waals surface area contributed by atoms with E-state index >= 15 is 0 Å². The van der Waals surface area contributed by atoms with Crippen LogP contribution in [0.25, 0.3) is 10.1 Å². The largest absolute Gasteiger partial charge is 0.408 e. The second-order valence-corrected chi connectivity index (χ2v) is 9.32. The van der Waals surface area contributed by atoms with Crippen LogP contribution in [-0.4, -0.2) is 59.7 Å². The van der Waals surface area contributed by atoms with Crippen molar-refractivity contribution >= 4 is 33.2 Å². The molecular weight excluding hydrogens is 457 g/mol. The van der Waals surface area contributed by atoms with Crippen LogP contribution in [0.5, 0.6) is 0 Å². The van der Waals surface area contributed by atoms with Crippen LogP contribution in [0.2, 0.25) is 0 Å². The fourth-order valence-corrected chi connectivity index (χ4v) is 5.45. The fourth-order valence-electron chi connectivity index (χ4n) is 4.40. The second kappa shape index (κ2) is 8.62. The number of halogens is 3. The molecule has 33 heavy (non-hydrogen) atoms. The highest BCUT2D eigenvalue weighted by atomic mass is 32.1. The first-order valence-corrected chi connectivity index (χ1v) is 11.6. The van der Waals surface area contributed by atoms with Gasteiger partial charge < -0.3 is 19.6 Å². The number of morpholine rings is 1. The molecule has 4 heterocycles. The van der Waals surface area contributed by atoms with Crippen molar-refractivity contribution in [2.24, 2.45) is 0 Å². The monoisotopic (exact) mass is 480 g/mol. The highest BCUT2D eigenvalue weighted by molar-refractivity contribution is 7.19. The molecule has 0 amide bonds. The summed E-state index contributed by atoms with van der Waals surface area (Å²) in [5.74, 6) is 0.274. The molecule has 1 N–H and O–H groups in total. The first-order valence-electron chi connectivity index (χ1n) is 10.8. The maximum Gasteiger partial charge on any atom is 0.408 e. The lowest BCUT2D eigenvalue weighted by atomic mass is 10.1. The number of aliphatic hydroxyl groups is 1. The van der Waals surface area contributed by atoms with Gasteiger partial charge in [0.2, 0.25) is 5.95 Å². The minimum Gasteiger partial charge on any atom is -0.386 e. The average Bonchev–Trinajstić information content (AvgIpc) is 3.24. The van der Waals surface area contributed by atoms with Crippen LogP contribution in [0.1, 0.15) is 17.4 Å². The van der Waals surface area contributed by atoms with E-state index in [-0.39, 0.29) is 25.5 Å². The molecule has 176 valence electrons. The number of hydrogen-bond acceptors (Lipinski definition) is 7. The molecule has 0 bridgehead atoms. The van der Waals surface area contributed by atoms with Gasteiger partial charge in [-0.2, -0.15) is 18.2 Å². The van der Waals surface area contributed by atoms with Gasteiger partial charge in [-0.3, -0.25) is 9.36 Å². The molecule has 0 radical (unpaired) electrons. The molecule has 11 heteroatoms. The van der Waals surface area contributed by atoms with Crippen LogP contribution in [0.4, 0.5) is 24.9 Å². The van der Waals surface area contributed by atoms with Crippen LogP contribution in [0, 0.1) is 0 Å². The summed E-state index contributed by atoms with van der Waals surface area (Å²) < 4.78 is 49.5. The van der Waals surface area contributed by atoms with Gasteiger partial charge in [0.05, 0.1) is 19.8 Å². The lowest BCUT2D eigenvalue weighted by molar-refractivity contribution is -0.153. The number of thiophene rings is 1. The highest BCUT2D eigenvalue weighted by Crippen LogP contribution is 2.37. The summed E-state index contributed by atoms with van der Waals surface area (Å²) in [6.45, 7) is 1.52. The molecule has 5 rings (SSSR count). The molecule has 0 saturated carbocycles. The number of anilines is 2. The molecule has 2 aromatic heterocycles. The summed E-state index contributed by atoms with van der Waals surface area (Å²) in [6, 6.07) is 8.86. The number of aromatic nitrogens is 2. The number of hydrogen-bond donors (Lipinski definition) is 1. The molecule has 1 aromatic carbocycles. The highest BCUT2D eigenvalue weighted by Gasteiger charge is 2.47. The van der Waals surface area contributed by atoms with Gasteiger partial charge in [0.1, 0.15) is 18.0 Å². The Hall–Kier alpha value is -2.63. The number of rotatable bonds is 4. The lowest BCUT2D eigenvalue weighted by Gasteiger charge is -2.40. The van der Waals surface area contributed by atoms with Crippen molar-refractivity contribution in [2.75, 3.05) is 42.6 Å². The molecule has 2 atom stereocenters. The van der Waals surface area contributed by atoms with Gasteiger partial charge in [-0.15, -0.1) is 11.3 Å². The molecule has 3 aromatic rings. The van der Waals surface area contributed by atoms with Gasteiger partial charge >= 0.3 is 6.18 Å². The fraction of sp³-hybridized carbons (Fsp3) is 0.455. The van der Waals surface area contributed by atoms with E-state index < -0.39 is 23.9 Å². The summed E-state index contributed by atoms with van der Waals surface area (Å²) >= 11 is 1.34. The predicted molar refractivity (Wildman–Crippen MR) is 120 cm³/mol. The number of aliphatic hydroxyl groups excluding tert-OH is 1.